The van der Waals surface area contributed by atoms with Crippen molar-refractivity contribution < 1.29 is 20.1 Å². The molecule has 0 amide bonds. The molecule has 0 aromatic heterocycles. The van der Waals surface area contributed by atoms with E-state index >= 15 is 0 Å². The first-order valence-electron chi connectivity index (χ1n) is 14.3. The summed E-state index contributed by atoms with van der Waals surface area (Å²) in [6.45, 7) is 18.1. The maximum Gasteiger partial charge on any atom is 0.0865 e. The summed E-state index contributed by atoms with van der Waals surface area (Å²) in [7, 11) is 0. The number of hydrogen-bond acceptors (Lipinski definition) is 4. The molecular formula is C30H52O4. The molecule has 4 saturated carbocycles. The van der Waals surface area contributed by atoms with Crippen molar-refractivity contribution in [3.63, 3.8) is 0 Å². The fourth-order valence-corrected chi connectivity index (χ4v) is 11.1. The van der Waals surface area contributed by atoms with Crippen LogP contribution in [0, 0.1) is 45.3 Å². The van der Waals surface area contributed by atoms with Crippen LogP contribution in [0.15, 0.2) is 0 Å². The van der Waals surface area contributed by atoms with Crippen LogP contribution in [-0.2, 0) is 4.74 Å². The van der Waals surface area contributed by atoms with Gasteiger partial charge in [0.05, 0.1) is 29.5 Å². The topological polar surface area (TPSA) is 69.9 Å². The van der Waals surface area contributed by atoms with Gasteiger partial charge >= 0.3 is 0 Å². The molecule has 1 aliphatic heterocycles. The number of hydrogen-bond donors (Lipinski definition) is 3. The molecule has 5 aliphatic rings. The van der Waals surface area contributed by atoms with Gasteiger partial charge in [-0.2, -0.15) is 0 Å². The fraction of sp³-hybridized carbons (Fsp3) is 1.00. The lowest BCUT2D eigenvalue weighted by atomic mass is 9.35. The average molecular weight is 477 g/mol. The van der Waals surface area contributed by atoms with Gasteiger partial charge in [-0.25, -0.2) is 0 Å². The van der Waals surface area contributed by atoms with Gasteiger partial charge in [-0.05, 0) is 124 Å². The number of aliphatic hydroxyl groups excluding tert-OH is 2. The van der Waals surface area contributed by atoms with Crippen molar-refractivity contribution in [1.29, 1.82) is 0 Å². The molecule has 0 spiro atoms. The molecule has 11 atom stereocenters. The summed E-state index contributed by atoms with van der Waals surface area (Å²) in [5, 5.41) is 33.4. The van der Waals surface area contributed by atoms with Crippen LogP contribution in [0.1, 0.15) is 113 Å². The first-order valence-corrected chi connectivity index (χ1v) is 14.3. The van der Waals surface area contributed by atoms with Gasteiger partial charge in [-0.1, -0.05) is 34.6 Å². The largest absolute Gasteiger partial charge is 0.393 e. The van der Waals surface area contributed by atoms with E-state index < -0.39 is 5.60 Å². The minimum atomic E-state index is -0.826. The monoisotopic (exact) mass is 476 g/mol. The predicted octanol–water partition coefficient (Wildman–Crippen LogP) is 5.71. The van der Waals surface area contributed by atoms with Crippen LogP contribution in [-0.4, -0.2) is 44.8 Å². The Bertz CT molecular complexity index is 817. The lowest BCUT2D eigenvalue weighted by Gasteiger charge is -2.70. The van der Waals surface area contributed by atoms with E-state index in [1.165, 1.54) is 12.8 Å². The molecule has 4 aliphatic carbocycles. The second kappa shape index (κ2) is 7.45. The number of aliphatic hydroxyl groups is 3. The van der Waals surface area contributed by atoms with E-state index in [9.17, 15) is 15.3 Å². The highest BCUT2D eigenvalue weighted by molar-refractivity contribution is 5.20. The zero-order valence-electron chi connectivity index (χ0n) is 23.2. The molecule has 0 aromatic rings. The third-order valence-electron chi connectivity index (χ3n) is 13.3. The zero-order chi connectivity index (χ0) is 25.1. The molecule has 1 saturated heterocycles. The van der Waals surface area contributed by atoms with E-state index in [1.54, 1.807) is 0 Å². The summed E-state index contributed by atoms with van der Waals surface area (Å²) in [5.41, 5.74) is -0.703. The summed E-state index contributed by atoms with van der Waals surface area (Å²) in [6.07, 6.45) is 8.72. The molecule has 5 rings (SSSR count). The molecule has 0 aromatic carbocycles. The molecule has 196 valence electrons. The molecule has 1 heterocycles. The van der Waals surface area contributed by atoms with E-state index in [1.807, 2.05) is 13.8 Å². The van der Waals surface area contributed by atoms with Crippen molar-refractivity contribution in [1.82, 2.24) is 0 Å². The van der Waals surface area contributed by atoms with E-state index in [2.05, 4.69) is 41.5 Å². The lowest BCUT2D eigenvalue weighted by molar-refractivity contribution is -0.248. The van der Waals surface area contributed by atoms with Crippen molar-refractivity contribution in [2.75, 3.05) is 0 Å². The number of ether oxygens (including phenoxy) is 1. The molecule has 4 nitrogen and oxygen atoms in total. The molecular weight excluding hydrogens is 424 g/mol. The van der Waals surface area contributed by atoms with Gasteiger partial charge in [-0.15, -0.1) is 0 Å². The Labute approximate surface area is 208 Å². The molecule has 0 bridgehead atoms. The van der Waals surface area contributed by atoms with Crippen molar-refractivity contribution >= 4 is 0 Å². The van der Waals surface area contributed by atoms with Gasteiger partial charge in [0.15, 0.2) is 0 Å². The highest BCUT2D eigenvalue weighted by Crippen LogP contribution is 2.76. The zero-order valence-corrected chi connectivity index (χ0v) is 23.2. The van der Waals surface area contributed by atoms with Gasteiger partial charge in [0.1, 0.15) is 0 Å². The second-order valence-electron chi connectivity index (χ2n) is 15.4. The summed E-state index contributed by atoms with van der Waals surface area (Å²) >= 11 is 0. The highest BCUT2D eigenvalue weighted by atomic mass is 16.5. The Morgan fingerprint density at radius 3 is 2.03 bits per heavy atom. The van der Waals surface area contributed by atoms with E-state index in [0.29, 0.717) is 17.8 Å². The van der Waals surface area contributed by atoms with E-state index in [-0.39, 0.29) is 51.5 Å². The molecule has 4 heteroatoms. The first-order chi connectivity index (χ1) is 15.5. The van der Waals surface area contributed by atoms with Gasteiger partial charge in [-0.3, -0.25) is 0 Å². The third-order valence-corrected chi connectivity index (χ3v) is 13.3. The molecule has 5 fully saturated rings. The minimum Gasteiger partial charge on any atom is -0.393 e. The van der Waals surface area contributed by atoms with Crippen LogP contribution in [0.5, 0.6) is 0 Å². The molecule has 5 unspecified atom stereocenters. The van der Waals surface area contributed by atoms with Crippen LogP contribution in [0.25, 0.3) is 0 Å². The molecule has 3 N–H and O–H groups in total. The first kappa shape index (κ1) is 25.5. The Hall–Kier alpha value is -0.160. The van der Waals surface area contributed by atoms with Crippen LogP contribution < -0.4 is 0 Å². The Morgan fingerprint density at radius 1 is 0.765 bits per heavy atom. The lowest BCUT2D eigenvalue weighted by Crippen LogP contribution is -2.66. The Balaban J connectivity index is 1.48. The molecule has 0 radical (unpaired) electrons. The van der Waals surface area contributed by atoms with Crippen molar-refractivity contribution in [2.45, 2.75) is 143 Å². The van der Waals surface area contributed by atoms with Gasteiger partial charge in [0, 0.05) is 0 Å². The highest BCUT2D eigenvalue weighted by Gasteiger charge is 2.71. The Kier molecular flexibility index (Phi) is 5.59. The molecule has 34 heavy (non-hydrogen) atoms. The summed E-state index contributed by atoms with van der Waals surface area (Å²) in [5.74, 6) is 1.59. The summed E-state index contributed by atoms with van der Waals surface area (Å²) < 4.78 is 6.66. The van der Waals surface area contributed by atoms with Crippen molar-refractivity contribution in [3.8, 4) is 0 Å². The Morgan fingerprint density at radius 2 is 1.41 bits per heavy atom. The van der Waals surface area contributed by atoms with E-state index in [4.69, 9.17) is 4.74 Å². The van der Waals surface area contributed by atoms with Gasteiger partial charge in [0.25, 0.3) is 0 Å². The fourth-order valence-electron chi connectivity index (χ4n) is 11.1. The normalized spacial score (nSPS) is 57.1. The summed E-state index contributed by atoms with van der Waals surface area (Å²) in [4.78, 5) is 0. The SMILES string of the molecule is CC1(C)C(O)CC[C@@]2(C)C1CC[C@]1(C)C2C[C@@H](O)C2C([C@@]3(C)CC[C@@H](C(C)(C)O)O3)CC[C@]21C. The maximum absolute atomic E-state index is 11.9. The number of rotatable bonds is 2. The van der Waals surface area contributed by atoms with Crippen LogP contribution >= 0.6 is 0 Å². The minimum absolute atomic E-state index is 0.0630. The summed E-state index contributed by atoms with van der Waals surface area (Å²) in [6, 6.07) is 0. The maximum atomic E-state index is 11.9. The average Bonchev–Trinajstić information content (AvgIpc) is 3.30. The van der Waals surface area contributed by atoms with Crippen LogP contribution in [0.2, 0.25) is 0 Å². The van der Waals surface area contributed by atoms with E-state index in [0.717, 1.165) is 44.9 Å². The third kappa shape index (κ3) is 3.16. The predicted molar refractivity (Wildman–Crippen MR) is 135 cm³/mol. The van der Waals surface area contributed by atoms with Gasteiger partial charge < -0.3 is 20.1 Å². The second-order valence-corrected chi connectivity index (χ2v) is 15.4. The smallest absolute Gasteiger partial charge is 0.0865 e. The standard InChI is InChI=1S/C30H52O4/c1-25(2)20-10-15-28(6)21(27(20,5)13-11-22(25)32)17-19(31)24-18(9-14-29(24,28)7)30(8)16-12-23(34-30)26(3,4)33/h18-24,31-33H,9-17H2,1-8H3/t18?,19-,20?,21?,22?,23+,24?,27+,28-,29-,30-/m1/s1. The van der Waals surface area contributed by atoms with Crippen molar-refractivity contribution in [3.05, 3.63) is 0 Å². The van der Waals surface area contributed by atoms with Crippen molar-refractivity contribution in [2.24, 2.45) is 45.3 Å². The quantitative estimate of drug-likeness (QED) is 0.477. The number of fused-ring (bicyclic) bond motifs is 5. The van der Waals surface area contributed by atoms with Gasteiger partial charge in [0.2, 0.25) is 0 Å². The van der Waals surface area contributed by atoms with Crippen LogP contribution in [0.3, 0.4) is 0 Å². The van der Waals surface area contributed by atoms with Crippen LogP contribution in [0.4, 0.5) is 0 Å².